The molecule has 3 N–H and O–H groups in total. The molecular formula is C20H21ClN4O3S. The second-order valence-electron chi connectivity index (χ2n) is 6.57. The van der Waals surface area contributed by atoms with Crippen molar-refractivity contribution in [3.8, 4) is 0 Å². The van der Waals surface area contributed by atoms with Gasteiger partial charge in [0.05, 0.1) is 38.1 Å². The van der Waals surface area contributed by atoms with Crippen LogP contribution in [0.1, 0.15) is 20.7 Å². The Balaban J connectivity index is 0.00000300. The Bertz CT molecular complexity index is 1070. The highest BCUT2D eigenvalue weighted by Gasteiger charge is 2.12. The molecule has 0 saturated carbocycles. The molecule has 0 atom stereocenters. The van der Waals surface area contributed by atoms with Gasteiger partial charge in [-0.2, -0.15) is 0 Å². The highest BCUT2D eigenvalue weighted by atomic mass is 35.5. The van der Waals surface area contributed by atoms with Gasteiger partial charge in [-0.1, -0.05) is 29.5 Å². The summed E-state index contributed by atoms with van der Waals surface area (Å²) in [6.07, 6.45) is 0. The van der Waals surface area contributed by atoms with E-state index in [-0.39, 0.29) is 34.1 Å². The van der Waals surface area contributed by atoms with Gasteiger partial charge in [0, 0.05) is 11.1 Å². The average Bonchev–Trinajstić information content (AvgIpc) is 2.67. The summed E-state index contributed by atoms with van der Waals surface area (Å²) < 4.78 is -0.225. The summed E-state index contributed by atoms with van der Waals surface area (Å²) in [5.74, 6) is -0.567. The summed E-state index contributed by atoms with van der Waals surface area (Å²) in [5.41, 5.74) is 1.27. The number of likely N-dealkylation sites (N-methyl/N-ethyl adjacent to an activating group) is 1. The van der Waals surface area contributed by atoms with Crippen LogP contribution in [0.5, 0.6) is 0 Å². The van der Waals surface area contributed by atoms with E-state index in [0.717, 1.165) is 17.9 Å². The van der Waals surface area contributed by atoms with Gasteiger partial charge in [0.15, 0.2) is 5.13 Å². The number of nitrogens with one attached hydrogen (secondary N) is 3. The number of hydrogen-bond acceptors (Lipinski definition) is 5. The number of anilines is 1. The Labute approximate surface area is 178 Å². The van der Waals surface area contributed by atoms with E-state index in [1.54, 1.807) is 42.5 Å². The summed E-state index contributed by atoms with van der Waals surface area (Å²) >= 11 is 0.859. The highest BCUT2D eigenvalue weighted by molar-refractivity contribution is 7.13. The van der Waals surface area contributed by atoms with Crippen molar-refractivity contribution in [2.24, 2.45) is 0 Å². The van der Waals surface area contributed by atoms with Crippen LogP contribution in [0.3, 0.4) is 0 Å². The number of nitrogens with zero attached hydrogens (tertiary/aromatic N) is 1. The van der Waals surface area contributed by atoms with Gasteiger partial charge in [-0.3, -0.25) is 19.7 Å². The normalized spacial score (nSPS) is 10.4. The third-order valence-corrected chi connectivity index (χ3v) is 4.85. The highest BCUT2D eigenvalue weighted by Crippen LogP contribution is 2.17. The fraction of sp³-hybridized carbons (Fsp3) is 0.200. The van der Waals surface area contributed by atoms with Crippen molar-refractivity contribution in [2.45, 2.75) is 0 Å². The molecule has 0 fully saturated rings. The molecule has 29 heavy (non-hydrogen) atoms. The second-order valence-corrected chi connectivity index (χ2v) is 7.53. The number of aromatic nitrogens is 1. The molecule has 0 radical (unpaired) electrons. The zero-order valence-electron chi connectivity index (χ0n) is 16.0. The number of amides is 2. The maximum atomic E-state index is 12.4. The van der Waals surface area contributed by atoms with Crippen LogP contribution in [0.25, 0.3) is 10.9 Å². The number of halogens is 1. The van der Waals surface area contributed by atoms with E-state index in [9.17, 15) is 14.4 Å². The third kappa shape index (κ3) is 5.83. The molecule has 1 heterocycles. The van der Waals surface area contributed by atoms with E-state index in [0.29, 0.717) is 28.6 Å². The van der Waals surface area contributed by atoms with Crippen LogP contribution in [0.4, 0.5) is 5.13 Å². The molecule has 3 aromatic rings. The molecule has 0 aliphatic rings. The van der Waals surface area contributed by atoms with Gasteiger partial charge < -0.3 is 22.6 Å². The molecule has 0 unspecified atom stereocenters. The van der Waals surface area contributed by atoms with Gasteiger partial charge in [0.2, 0.25) is 4.74 Å². The summed E-state index contributed by atoms with van der Waals surface area (Å²) in [4.78, 5) is 42.6. The van der Waals surface area contributed by atoms with E-state index >= 15 is 0 Å². The molecule has 1 aromatic heterocycles. The van der Waals surface area contributed by atoms with Gasteiger partial charge in [-0.05, 0) is 30.3 Å². The topological polar surface area (TPSA) is 92.6 Å². The number of fused-ring (bicyclic) bond motifs is 1. The molecular weight excluding hydrogens is 412 g/mol. The van der Waals surface area contributed by atoms with Crippen molar-refractivity contribution in [3.63, 3.8) is 0 Å². The fourth-order valence-corrected chi connectivity index (χ4v) is 3.30. The Hall–Kier alpha value is -2.81. The molecule has 0 spiro atoms. The van der Waals surface area contributed by atoms with E-state index in [4.69, 9.17) is 0 Å². The van der Waals surface area contributed by atoms with Gasteiger partial charge >= 0.3 is 0 Å². The van der Waals surface area contributed by atoms with Crippen LogP contribution in [0.2, 0.25) is 0 Å². The standard InChI is InChI=1S/C20H20N4O3S.ClH/c1-24(2)11-10-21-17(25)14-8-9-15-16(12-14)22-20(28-19(15)27)23-18(26)13-6-4-3-5-7-13;/h3-9,12H,10-11H2,1-2H3,(H,21,25)(H,22,23,26);1H. The molecule has 3 rings (SSSR count). The van der Waals surface area contributed by atoms with Gasteiger partial charge in [-0.25, -0.2) is 4.98 Å². The number of benzene rings is 2. The Morgan fingerprint density at radius 3 is 2.45 bits per heavy atom. The molecule has 0 aliphatic heterocycles. The molecule has 9 heteroatoms. The minimum atomic E-state index is -0.344. The zero-order valence-corrected chi connectivity index (χ0v) is 17.6. The average molecular weight is 433 g/mol. The number of hydrogen-bond donors (Lipinski definition) is 3. The molecule has 2 amide bonds. The van der Waals surface area contributed by atoms with Crippen molar-refractivity contribution < 1.29 is 26.9 Å². The van der Waals surface area contributed by atoms with Gasteiger partial charge in [-0.15, -0.1) is 0 Å². The first kappa shape index (κ1) is 22.5. The van der Waals surface area contributed by atoms with Crippen molar-refractivity contribution in [3.05, 3.63) is 69.2 Å². The van der Waals surface area contributed by atoms with E-state index < -0.39 is 0 Å². The minimum Gasteiger partial charge on any atom is -1.00 e. The number of rotatable bonds is 6. The van der Waals surface area contributed by atoms with Crippen LogP contribution in [0.15, 0.2) is 53.3 Å². The molecule has 0 aliphatic carbocycles. The summed E-state index contributed by atoms with van der Waals surface area (Å²) in [6, 6.07) is 13.5. The van der Waals surface area contributed by atoms with E-state index in [2.05, 4.69) is 15.6 Å². The summed E-state index contributed by atoms with van der Waals surface area (Å²) in [5, 5.41) is 6.11. The summed E-state index contributed by atoms with van der Waals surface area (Å²) in [7, 11) is 4.02. The Morgan fingerprint density at radius 1 is 1.03 bits per heavy atom. The van der Waals surface area contributed by atoms with Crippen molar-refractivity contribution >= 4 is 39.2 Å². The Kier molecular flexibility index (Phi) is 7.83. The monoisotopic (exact) mass is 432 g/mol. The first-order valence-electron chi connectivity index (χ1n) is 8.82. The van der Waals surface area contributed by atoms with E-state index in [1.165, 1.54) is 4.90 Å². The van der Waals surface area contributed by atoms with Crippen LogP contribution in [0, 0.1) is 0 Å². The maximum absolute atomic E-state index is 12.4. The van der Waals surface area contributed by atoms with Gasteiger partial charge in [0.1, 0.15) is 0 Å². The smallest absolute Gasteiger partial charge is 0.257 e. The van der Waals surface area contributed by atoms with Crippen LogP contribution >= 0.6 is 11.3 Å². The lowest BCUT2D eigenvalue weighted by Crippen LogP contribution is -3.06. The third-order valence-electron chi connectivity index (χ3n) is 4.06. The predicted molar refractivity (Wildman–Crippen MR) is 110 cm³/mol. The number of carbonyl (C=O) groups is 2. The van der Waals surface area contributed by atoms with Crippen molar-refractivity contribution in [2.75, 3.05) is 32.5 Å². The quantitative estimate of drug-likeness (QED) is 0.412. The first-order chi connectivity index (χ1) is 13.4. The van der Waals surface area contributed by atoms with Crippen LogP contribution in [-0.4, -0.2) is 44.0 Å². The summed E-state index contributed by atoms with van der Waals surface area (Å²) in [6.45, 7) is 1.36. The molecule has 152 valence electrons. The molecule has 0 saturated heterocycles. The van der Waals surface area contributed by atoms with E-state index in [1.807, 2.05) is 20.2 Å². The largest absolute Gasteiger partial charge is 1.00 e. The van der Waals surface area contributed by atoms with Crippen LogP contribution < -0.4 is 32.7 Å². The molecule has 0 bridgehead atoms. The SMILES string of the molecule is C[NH+](C)CCNC(=O)c1ccc2c(=O)sc(NC(=O)c3ccccc3)nc2c1.[Cl-]. The maximum Gasteiger partial charge on any atom is 0.257 e. The lowest BCUT2D eigenvalue weighted by Gasteiger charge is -2.09. The lowest BCUT2D eigenvalue weighted by atomic mass is 10.1. The first-order valence-corrected chi connectivity index (χ1v) is 9.64. The molecule has 7 nitrogen and oxygen atoms in total. The minimum absolute atomic E-state index is 0. The predicted octanol–water partition coefficient (Wildman–Crippen LogP) is -2.21. The van der Waals surface area contributed by atoms with Crippen LogP contribution in [-0.2, 0) is 0 Å². The Morgan fingerprint density at radius 2 is 1.76 bits per heavy atom. The second kappa shape index (κ2) is 10.1. The van der Waals surface area contributed by atoms with Crippen molar-refractivity contribution in [1.82, 2.24) is 10.3 Å². The molecule has 2 aromatic carbocycles. The number of carbonyl (C=O) groups excluding carboxylic acids is 2. The lowest BCUT2D eigenvalue weighted by molar-refractivity contribution is -0.856. The fourth-order valence-electron chi connectivity index (χ4n) is 2.55. The van der Waals surface area contributed by atoms with Gasteiger partial charge in [0.25, 0.3) is 11.8 Å². The zero-order chi connectivity index (χ0) is 20.1. The van der Waals surface area contributed by atoms with Crippen molar-refractivity contribution in [1.29, 1.82) is 0 Å². The number of quaternary nitrogens is 1.